The van der Waals surface area contributed by atoms with Crippen LogP contribution in [0, 0.1) is 0 Å². The molecule has 0 atom stereocenters. The predicted octanol–water partition coefficient (Wildman–Crippen LogP) is 4.17. The first kappa shape index (κ1) is 16.0. The van der Waals surface area contributed by atoms with Gasteiger partial charge in [-0.25, -0.2) is 4.98 Å². The normalized spacial score (nSPS) is 11.7. The van der Waals surface area contributed by atoms with Crippen molar-refractivity contribution in [3.05, 3.63) is 65.6 Å². The highest BCUT2D eigenvalue weighted by atomic mass is 19.4. The Morgan fingerprint density at radius 2 is 2.00 bits per heavy atom. The molecular weight excluding hydrogens is 319 g/mol. The Morgan fingerprint density at radius 1 is 1.21 bits per heavy atom. The number of carbonyl (C=O) groups is 1. The summed E-state index contributed by atoms with van der Waals surface area (Å²) >= 11 is 0. The summed E-state index contributed by atoms with van der Waals surface area (Å²) in [4.78, 5) is 16.9. The fourth-order valence-electron chi connectivity index (χ4n) is 2.50. The van der Waals surface area contributed by atoms with Gasteiger partial charge in [0.1, 0.15) is 11.3 Å². The fourth-order valence-corrected chi connectivity index (χ4v) is 2.50. The average Bonchev–Trinajstić information content (AvgIpc) is 2.93. The molecule has 0 saturated heterocycles. The molecule has 0 fully saturated rings. The van der Waals surface area contributed by atoms with Gasteiger partial charge in [0, 0.05) is 11.9 Å². The van der Waals surface area contributed by atoms with E-state index in [9.17, 15) is 18.0 Å². The molecule has 0 aliphatic heterocycles. The summed E-state index contributed by atoms with van der Waals surface area (Å²) in [5, 5.41) is 2.52. The summed E-state index contributed by atoms with van der Waals surface area (Å²) in [6, 6.07) is 9.87. The van der Waals surface area contributed by atoms with E-state index in [-0.39, 0.29) is 5.69 Å². The highest BCUT2D eigenvalue weighted by Crippen LogP contribution is 2.30. The van der Waals surface area contributed by atoms with Crippen LogP contribution in [-0.2, 0) is 12.6 Å². The Labute approximate surface area is 135 Å². The SMILES string of the molecule is CCc1nc2ccccn2c1C(=O)Nc1cccc(C(F)(F)F)c1. The zero-order valence-electron chi connectivity index (χ0n) is 12.8. The minimum atomic E-state index is -4.46. The van der Waals surface area contributed by atoms with Crippen molar-refractivity contribution >= 4 is 17.2 Å². The highest BCUT2D eigenvalue weighted by Gasteiger charge is 2.30. The maximum Gasteiger partial charge on any atom is 0.416 e. The molecule has 0 unspecified atom stereocenters. The highest BCUT2D eigenvalue weighted by molar-refractivity contribution is 6.04. The van der Waals surface area contributed by atoms with Gasteiger partial charge < -0.3 is 5.32 Å². The second-order valence-corrected chi connectivity index (χ2v) is 5.22. The number of pyridine rings is 1. The van der Waals surface area contributed by atoms with E-state index in [0.29, 0.717) is 23.5 Å². The van der Waals surface area contributed by atoms with Gasteiger partial charge in [-0.3, -0.25) is 9.20 Å². The monoisotopic (exact) mass is 333 g/mol. The molecular formula is C17H14F3N3O. The van der Waals surface area contributed by atoms with Gasteiger partial charge in [0.2, 0.25) is 0 Å². The van der Waals surface area contributed by atoms with Gasteiger partial charge in [-0.1, -0.05) is 19.1 Å². The van der Waals surface area contributed by atoms with Crippen molar-refractivity contribution in [2.75, 3.05) is 5.32 Å². The predicted molar refractivity (Wildman–Crippen MR) is 84.0 cm³/mol. The molecule has 0 aliphatic carbocycles. The average molecular weight is 333 g/mol. The second-order valence-electron chi connectivity index (χ2n) is 5.22. The maximum absolute atomic E-state index is 12.8. The van der Waals surface area contributed by atoms with E-state index in [1.807, 2.05) is 6.92 Å². The number of aryl methyl sites for hydroxylation is 1. The molecule has 1 aromatic carbocycles. The Hall–Kier alpha value is -2.83. The smallest absolute Gasteiger partial charge is 0.321 e. The number of hydrogen-bond donors (Lipinski definition) is 1. The zero-order chi connectivity index (χ0) is 17.3. The molecule has 7 heteroatoms. The summed E-state index contributed by atoms with van der Waals surface area (Å²) in [7, 11) is 0. The number of amides is 1. The lowest BCUT2D eigenvalue weighted by molar-refractivity contribution is -0.137. The van der Waals surface area contributed by atoms with E-state index in [4.69, 9.17) is 0 Å². The first-order valence-corrected chi connectivity index (χ1v) is 7.34. The van der Waals surface area contributed by atoms with Crippen LogP contribution in [0.25, 0.3) is 5.65 Å². The molecule has 4 nitrogen and oxygen atoms in total. The van der Waals surface area contributed by atoms with Crippen LogP contribution in [0.5, 0.6) is 0 Å². The maximum atomic E-state index is 12.8. The molecule has 2 aromatic heterocycles. The number of alkyl halides is 3. The number of benzene rings is 1. The zero-order valence-corrected chi connectivity index (χ0v) is 12.8. The molecule has 1 amide bonds. The number of rotatable bonds is 3. The molecule has 0 saturated carbocycles. The van der Waals surface area contributed by atoms with Gasteiger partial charge in [0.15, 0.2) is 0 Å². The Kier molecular flexibility index (Phi) is 4.01. The standard InChI is InChI=1S/C17H14F3N3O/c1-2-13-15(23-9-4-3-8-14(23)22-13)16(24)21-12-7-5-6-11(10-12)17(18,19)20/h3-10H,2H2,1H3,(H,21,24). The van der Waals surface area contributed by atoms with Crippen LogP contribution in [0.4, 0.5) is 18.9 Å². The van der Waals surface area contributed by atoms with Crippen molar-refractivity contribution in [1.29, 1.82) is 0 Å². The molecule has 3 aromatic rings. The lowest BCUT2D eigenvalue weighted by atomic mass is 10.2. The van der Waals surface area contributed by atoms with Gasteiger partial charge in [0.25, 0.3) is 5.91 Å². The third-order valence-corrected chi connectivity index (χ3v) is 3.60. The number of nitrogens with zero attached hydrogens (tertiary/aromatic N) is 2. The Bertz CT molecular complexity index is 899. The summed E-state index contributed by atoms with van der Waals surface area (Å²) in [6.07, 6.45) is -2.23. The van der Waals surface area contributed by atoms with Gasteiger partial charge in [0.05, 0.1) is 11.3 Å². The third kappa shape index (κ3) is 2.97. The van der Waals surface area contributed by atoms with Gasteiger partial charge in [-0.15, -0.1) is 0 Å². The largest absolute Gasteiger partial charge is 0.416 e. The van der Waals surface area contributed by atoms with Crippen LogP contribution in [0.1, 0.15) is 28.7 Å². The lowest BCUT2D eigenvalue weighted by Gasteiger charge is -2.10. The number of hydrogen-bond acceptors (Lipinski definition) is 2. The number of aromatic nitrogens is 2. The second kappa shape index (κ2) is 5.99. The van der Waals surface area contributed by atoms with Crippen molar-refractivity contribution in [3.8, 4) is 0 Å². The van der Waals surface area contributed by atoms with Crippen LogP contribution in [0.2, 0.25) is 0 Å². The van der Waals surface area contributed by atoms with Gasteiger partial charge in [-0.05, 0) is 36.8 Å². The molecule has 0 radical (unpaired) electrons. The van der Waals surface area contributed by atoms with E-state index in [1.165, 1.54) is 12.1 Å². The van der Waals surface area contributed by atoms with Crippen LogP contribution in [0.15, 0.2) is 48.7 Å². The molecule has 0 spiro atoms. The number of halogens is 3. The van der Waals surface area contributed by atoms with Crippen LogP contribution >= 0.6 is 0 Å². The van der Waals surface area contributed by atoms with E-state index in [1.54, 1.807) is 28.8 Å². The van der Waals surface area contributed by atoms with Crippen molar-refractivity contribution in [2.24, 2.45) is 0 Å². The first-order chi connectivity index (χ1) is 11.4. The number of nitrogens with one attached hydrogen (secondary N) is 1. The minimum Gasteiger partial charge on any atom is -0.321 e. The van der Waals surface area contributed by atoms with Crippen LogP contribution in [-0.4, -0.2) is 15.3 Å². The summed E-state index contributed by atoms with van der Waals surface area (Å²) < 4.78 is 40.0. The Balaban J connectivity index is 1.96. The summed E-state index contributed by atoms with van der Waals surface area (Å²) in [5.74, 6) is -0.495. The van der Waals surface area contributed by atoms with E-state index < -0.39 is 17.6 Å². The van der Waals surface area contributed by atoms with Crippen LogP contribution < -0.4 is 5.32 Å². The van der Waals surface area contributed by atoms with E-state index in [0.717, 1.165) is 12.1 Å². The molecule has 0 bridgehead atoms. The Morgan fingerprint density at radius 3 is 2.71 bits per heavy atom. The minimum absolute atomic E-state index is 0.0859. The summed E-state index contributed by atoms with van der Waals surface area (Å²) in [5.41, 5.74) is 0.802. The molecule has 3 rings (SSSR count). The van der Waals surface area contributed by atoms with Gasteiger partial charge in [-0.2, -0.15) is 13.2 Å². The summed E-state index contributed by atoms with van der Waals surface area (Å²) in [6.45, 7) is 1.86. The van der Waals surface area contributed by atoms with Crippen molar-refractivity contribution in [2.45, 2.75) is 19.5 Å². The van der Waals surface area contributed by atoms with Crippen LogP contribution in [0.3, 0.4) is 0 Å². The number of imidazole rings is 1. The fraction of sp³-hybridized carbons (Fsp3) is 0.176. The number of carbonyl (C=O) groups excluding carboxylic acids is 1. The topological polar surface area (TPSA) is 46.4 Å². The van der Waals surface area contributed by atoms with E-state index in [2.05, 4.69) is 10.3 Å². The number of anilines is 1. The molecule has 24 heavy (non-hydrogen) atoms. The lowest BCUT2D eigenvalue weighted by Crippen LogP contribution is -2.17. The van der Waals surface area contributed by atoms with Crippen molar-refractivity contribution in [3.63, 3.8) is 0 Å². The van der Waals surface area contributed by atoms with Crippen molar-refractivity contribution < 1.29 is 18.0 Å². The third-order valence-electron chi connectivity index (χ3n) is 3.60. The van der Waals surface area contributed by atoms with E-state index >= 15 is 0 Å². The molecule has 1 N–H and O–H groups in total. The quantitative estimate of drug-likeness (QED) is 0.782. The molecule has 2 heterocycles. The van der Waals surface area contributed by atoms with Crippen molar-refractivity contribution in [1.82, 2.24) is 9.38 Å². The number of fused-ring (bicyclic) bond motifs is 1. The first-order valence-electron chi connectivity index (χ1n) is 7.34. The molecule has 124 valence electrons. The van der Waals surface area contributed by atoms with Gasteiger partial charge >= 0.3 is 6.18 Å². The molecule has 0 aliphatic rings.